The maximum absolute atomic E-state index is 12.0. The molecule has 1 aliphatic rings. The van der Waals surface area contributed by atoms with Gasteiger partial charge in [0.15, 0.2) is 0 Å². The molecule has 0 unspecified atom stereocenters. The van der Waals surface area contributed by atoms with Gasteiger partial charge in [0.05, 0.1) is 5.60 Å². The summed E-state index contributed by atoms with van der Waals surface area (Å²) < 4.78 is 41.7. The molecule has 2 nitrogen and oxygen atoms in total. The van der Waals surface area contributed by atoms with Crippen LogP contribution in [0.4, 0.5) is 13.2 Å². The molecule has 0 bridgehead atoms. The van der Waals surface area contributed by atoms with Crippen LogP contribution in [0.15, 0.2) is 0 Å². The minimum absolute atomic E-state index is 0.0770. The normalized spacial score (nSPS) is 18.7. The van der Waals surface area contributed by atoms with Crippen LogP contribution in [0.25, 0.3) is 0 Å². The number of nitrogens with one attached hydrogen (secondary N) is 1. The fraction of sp³-hybridized carbons (Fsp3) is 1.00. The minimum Gasteiger partial charge on any atom is -0.375 e. The van der Waals surface area contributed by atoms with E-state index >= 15 is 0 Å². The van der Waals surface area contributed by atoms with Gasteiger partial charge < -0.3 is 10.1 Å². The van der Waals surface area contributed by atoms with Gasteiger partial charge in [-0.3, -0.25) is 0 Å². The van der Waals surface area contributed by atoms with E-state index in [9.17, 15) is 13.2 Å². The van der Waals surface area contributed by atoms with Gasteiger partial charge in [-0.2, -0.15) is 13.2 Å². The molecule has 0 aromatic carbocycles. The SMILES string of the molecule is CCCNCCC1(OCCCC(F)(F)F)CCC1. The molecule has 1 N–H and O–H groups in total. The van der Waals surface area contributed by atoms with Gasteiger partial charge in [0, 0.05) is 13.0 Å². The number of ether oxygens (including phenoxy) is 1. The average molecular weight is 267 g/mol. The summed E-state index contributed by atoms with van der Waals surface area (Å²) in [6.07, 6.45) is 0.411. The van der Waals surface area contributed by atoms with E-state index in [0.717, 1.165) is 45.2 Å². The maximum Gasteiger partial charge on any atom is 0.389 e. The topological polar surface area (TPSA) is 21.3 Å². The summed E-state index contributed by atoms with van der Waals surface area (Å²) in [7, 11) is 0. The molecule has 0 aliphatic heterocycles. The highest BCUT2D eigenvalue weighted by molar-refractivity contribution is 4.90. The lowest BCUT2D eigenvalue weighted by Gasteiger charge is -2.42. The Kier molecular flexibility index (Phi) is 6.43. The van der Waals surface area contributed by atoms with Gasteiger partial charge in [0.1, 0.15) is 0 Å². The molecule has 0 heterocycles. The van der Waals surface area contributed by atoms with E-state index in [1.54, 1.807) is 0 Å². The van der Waals surface area contributed by atoms with E-state index in [1.165, 1.54) is 0 Å². The number of halogens is 3. The van der Waals surface area contributed by atoms with Crippen LogP contribution in [-0.4, -0.2) is 31.5 Å². The first-order chi connectivity index (χ1) is 8.47. The third kappa shape index (κ3) is 6.05. The van der Waals surface area contributed by atoms with Crippen molar-refractivity contribution in [2.24, 2.45) is 0 Å². The zero-order chi connectivity index (χ0) is 13.5. The van der Waals surface area contributed by atoms with Gasteiger partial charge in [0.25, 0.3) is 0 Å². The predicted molar refractivity (Wildman–Crippen MR) is 65.6 cm³/mol. The van der Waals surface area contributed by atoms with E-state index in [-0.39, 0.29) is 18.6 Å². The van der Waals surface area contributed by atoms with Crippen molar-refractivity contribution in [3.8, 4) is 0 Å². The van der Waals surface area contributed by atoms with Crippen molar-refractivity contribution in [1.29, 1.82) is 0 Å². The predicted octanol–water partition coefficient (Wildman–Crippen LogP) is 3.66. The van der Waals surface area contributed by atoms with Gasteiger partial charge in [-0.1, -0.05) is 6.92 Å². The number of rotatable bonds is 9. The molecule has 108 valence electrons. The molecule has 1 aliphatic carbocycles. The molecule has 1 rings (SSSR count). The molecule has 0 spiro atoms. The molecule has 5 heteroatoms. The van der Waals surface area contributed by atoms with Crippen molar-refractivity contribution in [1.82, 2.24) is 5.32 Å². The molecule has 1 fully saturated rings. The van der Waals surface area contributed by atoms with E-state index in [2.05, 4.69) is 12.2 Å². The molecule has 0 aromatic heterocycles. The van der Waals surface area contributed by atoms with E-state index in [1.807, 2.05) is 0 Å². The third-order valence-corrected chi connectivity index (χ3v) is 3.46. The fourth-order valence-corrected chi connectivity index (χ4v) is 2.22. The Hall–Kier alpha value is -0.290. The smallest absolute Gasteiger partial charge is 0.375 e. The largest absolute Gasteiger partial charge is 0.389 e. The highest BCUT2D eigenvalue weighted by atomic mass is 19.4. The first-order valence-corrected chi connectivity index (χ1v) is 6.89. The van der Waals surface area contributed by atoms with Gasteiger partial charge in [0.2, 0.25) is 0 Å². The Morgan fingerprint density at radius 3 is 2.44 bits per heavy atom. The van der Waals surface area contributed by atoms with Gasteiger partial charge in [-0.05, 0) is 51.6 Å². The average Bonchev–Trinajstić information content (AvgIpc) is 2.23. The summed E-state index contributed by atoms with van der Waals surface area (Å²) >= 11 is 0. The van der Waals surface area contributed by atoms with Gasteiger partial charge in [-0.15, -0.1) is 0 Å². The van der Waals surface area contributed by atoms with Crippen molar-refractivity contribution >= 4 is 0 Å². The molecule has 1 saturated carbocycles. The zero-order valence-electron chi connectivity index (χ0n) is 11.1. The van der Waals surface area contributed by atoms with Crippen LogP contribution in [0.5, 0.6) is 0 Å². The molecule has 0 aromatic rings. The van der Waals surface area contributed by atoms with Crippen molar-refractivity contribution in [3.63, 3.8) is 0 Å². The third-order valence-electron chi connectivity index (χ3n) is 3.46. The lowest BCUT2D eigenvalue weighted by Crippen LogP contribution is -2.43. The van der Waals surface area contributed by atoms with Crippen LogP contribution in [0, 0.1) is 0 Å². The van der Waals surface area contributed by atoms with Crippen molar-refractivity contribution in [3.05, 3.63) is 0 Å². The molecule has 0 radical (unpaired) electrons. The summed E-state index contributed by atoms with van der Waals surface area (Å²) in [6, 6.07) is 0. The first kappa shape index (κ1) is 15.8. The molecule has 0 amide bonds. The van der Waals surface area contributed by atoms with Gasteiger partial charge in [-0.25, -0.2) is 0 Å². The second-order valence-corrected chi connectivity index (χ2v) is 5.10. The maximum atomic E-state index is 12.0. The highest BCUT2D eigenvalue weighted by Gasteiger charge is 2.37. The molecule has 0 atom stereocenters. The van der Waals surface area contributed by atoms with Crippen LogP contribution >= 0.6 is 0 Å². The van der Waals surface area contributed by atoms with Crippen LogP contribution in [-0.2, 0) is 4.74 Å². The Labute approximate surface area is 107 Å². The van der Waals surface area contributed by atoms with Crippen molar-refractivity contribution in [2.75, 3.05) is 19.7 Å². The number of hydrogen-bond acceptors (Lipinski definition) is 2. The van der Waals surface area contributed by atoms with Crippen molar-refractivity contribution < 1.29 is 17.9 Å². The molecular weight excluding hydrogens is 243 g/mol. The quantitative estimate of drug-likeness (QED) is 0.644. The van der Waals surface area contributed by atoms with E-state index in [4.69, 9.17) is 4.74 Å². The Bertz CT molecular complexity index is 227. The zero-order valence-corrected chi connectivity index (χ0v) is 11.1. The standard InChI is InChI=1S/C13H24F3NO/c1-2-9-17-10-8-12(5-3-6-12)18-11-4-7-13(14,15)16/h17H,2-11H2,1H3. The van der Waals surface area contributed by atoms with Crippen LogP contribution < -0.4 is 5.32 Å². The molecule has 18 heavy (non-hydrogen) atoms. The summed E-state index contributed by atoms with van der Waals surface area (Å²) in [6.45, 7) is 4.23. The number of hydrogen-bond donors (Lipinski definition) is 1. The van der Waals surface area contributed by atoms with E-state index < -0.39 is 12.6 Å². The lowest BCUT2D eigenvalue weighted by atomic mass is 9.77. The second-order valence-electron chi connectivity index (χ2n) is 5.10. The Balaban J connectivity index is 2.12. The molecular formula is C13H24F3NO. The summed E-state index contributed by atoms with van der Waals surface area (Å²) in [5.74, 6) is 0. The first-order valence-electron chi connectivity index (χ1n) is 6.89. The Morgan fingerprint density at radius 2 is 1.94 bits per heavy atom. The lowest BCUT2D eigenvalue weighted by molar-refractivity contribution is -0.148. The summed E-state index contributed by atoms with van der Waals surface area (Å²) in [4.78, 5) is 0. The second kappa shape index (κ2) is 7.34. The minimum atomic E-state index is -4.06. The van der Waals surface area contributed by atoms with Crippen LogP contribution in [0.1, 0.15) is 51.9 Å². The summed E-state index contributed by atoms with van der Waals surface area (Å²) in [5, 5.41) is 3.31. The highest BCUT2D eigenvalue weighted by Crippen LogP contribution is 2.38. The van der Waals surface area contributed by atoms with E-state index in [0.29, 0.717) is 0 Å². The van der Waals surface area contributed by atoms with Gasteiger partial charge >= 0.3 is 6.18 Å². The Morgan fingerprint density at radius 1 is 1.22 bits per heavy atom. The van der Waals surface area contributed by atoms with Crippen LogP contribution in [0.3, 0.4) is 0 Å². The summed E-state index contributed by atoms with van der Waals surface area (Å²) in [5.41, 5.74) is -0.133. The molecule has 0 saturated heterocycles. The fourth-order valence-electron chi connectivity index (χ4n) is 2.22. The monoisotopic (exact) mass is 267 g/mol. The van der Waals surface area contributed by atoms with Crippen molar-refractivity contribution in [2.45, 2.75) is 63.6 Å². The number of alkyl halides is 3. The van der Waals surface area contributed by atoms with Crippen LogP contribution in [0.2, 0.25) is 0 Å².